The van der Waals surface area contributed by atoms with Gasteiger partial charge in [0.1, 0.15) is 0 Å². The quantitative estimate of drug-likeness (QED) is 0.726. The molecular formula is C27H39NO5. The molecule has 2 saturated carbocycles. The number of nitrogens with zero attached hydrogens (tertiary/aromatic N) is 1. The van der Waals surface area contributed by atoms with Crippen LogP contribution in [-0.2, 0) is 20.7 Å². The normalized spacial score (nSPS) is 43.1. The Labute approximate surface area is 197 Å². The molecule has 2 aliphatic carbocycles. The Bertz CT molecular complexity index is 848. The molecule has 0 spiro atoms. The molecule has 0 bridgehead atoms. The first-order valence-corrected chi connectivity index (χ1v) is 12.7. The summed E-state index contributed by atoms with van der Waals surface area (Å²) in [5, 5.41) is 20.9. The number of β-amino-alcohol motifs (C(OH)–C–C–N with tert-alkyl or cyclic N) is 1. The van der Waals surface area contributed by atoms with Crippen LogP contribution in [0.1, 0.15) is 57.9 Å². The van der Waals surface area contributed by atoms with Crippen molar-refractivity contribution in [1.82, 2.24) is 4.90 Å². The SMILES string of the molecule is C[C@@]12CO[C@@H](Cc3ccccc3)O[C@@H]1CC[C@]1(C)C2CC[C@@H](O)[C@H]1CC(=O)N1CC[C@@H](O)C1. The van der Waals surface area contributed by atoms with Gasteiger partial charge < -0.3 is 24.6 Å². The van der Waals surface area contributed by atoms with Crippen LogP contribution in [0, 0.1) is 22.7 Å². The van der Waals surface area contributed by atoms with E-state index < -0.39 is 12.2 Å². The summed E-state index contributed by atoms with van der Waals surface area (Å²) < 4.78 is 12.8. The molecule has 0 radical (unpaired) electrons. The van der Waals surface area contributed by atoms with E-state index in [1.54, 1.807) is 4.90 Å². The van der Waals surface area contributed by atoms with Crippen LogP contribution in [-0.4, -0.2) is 65.3 Å². The molecule has 1 amide bonds. The number of aliphatic hydroxyl groups is 2. The maximum Gasteiger partial charge on any atom is 0.223 e. The van der Waals surface area contributed by atoms with Crippen molar-refractivity contribution in [3.63, 3.8) is 0 Å². The highest BCUT2D eigenvalue weighted by Gasteiger charge is 2.61. The molecule has 2 N–H and O–H groups in total. The minimum absolute atomic E-state index is 0.0682. The number of hydrogen-bond acceptors (Lipinski definition) is 5. The van der Waals surface area contributed by atoms with E-state index in [2.05, 4.69) is 26.0 Å². The number of hydrogen-bond donors (Lipinski definition) is 2. The standard InChI is InChI=1S/C27H39NO5/c1-26-12-10-23-27(2,17-32-25(33-23)14-18-6-4-3-5-7-18)22(26)9-8-21(30)20(26)15-24(31)28-13-11-19(29)16-28/h3-7,19-23,25,29-30H,8-17H2,1-2H3/t19-,20-,21-,22?,23-,25-,26+,27+/m1/s1. The molecule has 33 heavy (non-hydrogen) atoms. The van der Waals surface area contributed by atoms with Crippen molar-refractivity contribution in [1.29, 1.82) is 0 Å². The largest absolute Gasteiger partial charge is 0.393 e. The Balaban J connectivity index is 1.30. The van der Waals surface area contributed by atoms with E-state index in [-0.39, 0.29) is 35.0 Å². The minimum Gasteiger partial charge on any atom is -0.393 e. The van der Waals surface area contributed by atoms with E-state index in [9.17, 15) is 15.0 Å². The lowest BCUT2D eigenvalue weighted by atomic mass is 9.46. The van der Waals surface area contributed by atoms with Crippen LogP contribution >= 0.6 is 0 Å². The molecule has 0 aromatic heterocycles. The van der Waals surface area contributed by atoms with Crippen molar-refractivity contribution in [2.24, 2.45) is 22.7 Å². The van der Waals surface area contributed by atoms with Crippen molar-refractivity contribution >= 4 is 5.91 Å². The summed E-state index contributed by atoms with van der Waals surface area (Å²) in [5.74, 6) is 0.344. The topological polar surface area (TPSA) is 79.2 Å². The fourth-order valence-corrected chi connectivity index (χ4v) is 7.49. The number of likely N-dealkylation sites (tertiary alicyclic amines) is 1. The van der Waals surface area contributed by atoms with Crippen molar-refractivity contribution in [3.05, 3.63) is 35.9 Å². The van der Waals surface area contributed by atoms with Gasteiger partial charge in [-0.3, -0.25) is 4.79 Å². The number of aliphatic hydroxyl groups excluding tert-OH is 2. The van der Waals surface area contributed by atoms with Crippen LogP contribution in [0.15, 0.2) is 30.3 Å². The molecule has 1 aromatic rings. The number of carbonyl (C=O) groups excluding carboxylic acids is 1. The first kappa shape index (κ1) is 23.3. The second kappa shape index (κ2) is 8.95. The fourth-order valence-electron chi connectivity index (χ4n) is 7.49. The second-order valence-corrected chi connectivity index (χ2v) is 11.4. The van der Waals surface area contributed by atoms with Gasteiger partial charge in [-0.15, -0.1) is 0 Å². The first-order valence-electron chi connectivity index (χ1n) is 12.7. The van der Waals surface area contributed by atoms with Gasteiger partial charge in [-0.25, -0.2) is 0 Å². The van der Waals surface area contributed by atoms with Crippen LogP contribution in [0.2, 0.25) is 0 Å². The number of benzene rings is 1. The second-order valence-electron chi connectivity index (χ2n) is 11.4. The van der Waals surface area contributed by atoms with Gasteiger partial charge in [0, 0.05) is 31.3 Å². The molecular weight excluding hydrogens is 418 g/mol. The smallest absolute Gasteiger partial charge is 0.223 e. The third-order valence-corrected chi connectivity index (χ3v) is 9.39. The Hall–Kier alpha value is -1.47. The lowest BCUT2D eigenvalue weighted by Gasteiger charge is -2.63. The lowest BCUT2D eigenvalue weighted by Crippen LogP contribution is -2.63. The molecule has 2 heterocycles. The number of carbonyl (C=O) groups is 1. The average Bonchev–Trinajstić information content (AvgIpc) is 3.23. The van der Waals surface area contributed by atoms with Gasteiger partial charge in [0.05, 0.1) is 24.9 Å². The fraction of sp³-hybridized carbons (Fsp3) is 0.741. The zero-order valence-corrected chi connectivity index (χ0v) is 20.0. The Morgan fingerprint density at radius 2 is 1.88 bits per heavy atom. The van der Waals surface area contributed by atoms with Gasteiger partial charge in [-0.2, -0.15) is 0 Å². The molecule has 6 heteroatoms. The van der Waals surface area contributed by atoms with E-state index >= 15 is 0 Å². The van der Waals surface area contributed by atoms with Gasteiger partial charge >= 0.3 is 0 Å². The molecule has 8 atom stereocenters. The maximum absolute atomic E-state index is 13.1. The molecule has 182 valence electrons. The van der Waals surface area contributed by atoms with Crippen molar-refractivity contribution in [3.8, 4) is 0 Å². The van der Waals surface area contributed by atoms with E-state index in [4.69, 9.17) is 9.47 Å². The van der Waals surface area contributed by atoms with E-state index in [0.29, 0.717) is 38.5 Å². The summed E-state index contributed by atoms with van der Waals surface area (Å²) in [6, 6.07) is 10.3. The zero-order valence-electron chi connectivity index (χ0n) is 20.0. The van der Waals surface area contributed by atoms with E-state index in [1.165, 1.54) is 5.56 Å². The van der Waals surface area contributed by atoms with E-state index in [1.807, 2.05) is 18.2 Å². The highest BCUT2D eigenvalue weighted by molar-refractivity contribution is 5.77. The number of fused-ring (bicyclic) bond motifs is 3. The third-order valence-electron chi connectivity index (χ3n) is 9.39. The predicted octanol–water partition coefficient (Wildman–Crippen LogP) is 3.15. The van der Waals surface area contributed by atoms with E-state index in [0.717, 1.165) is 32.1 Å². The van der Waals surface area contributed by atoms with Crippen molar-refractivity contribution in [2.75, 3.05) is 19.7 Å². The predicted molar refractivity (Wildman–Crippen MR) is 124 cm³/mol. The Morgan fingerprint density at radius 3 is 2.61 bits per heavy atom. The van der Waals surface area contributed by atoms with Gasteiger partial charge in [-0.1, -0.05) is 44.2 Å². The molecule has 2 aliphatic heterocycles. The van der Waals surface area contributed by atoms with Crippen LogP contribution in [0.3, 0.4) is 0 Å². The summed E-state index contributed by atoms with van der Waals surface area (Å²) in [7, 11) is 0. The van der Waals surface area contributed by atoms with Crippen LogP contribution < -0.4 is 0 Å². The van der Waals surface area contributed by atoms with Gasteiger partial charge in [-0.05, 0) is 54.9 Å². The Kier molecular flexibility index (Phi) is 6.32. The summed E-state index contributed by atoms with van der Waals surface area (Å²) in [5.41, 5.74) is 0.972. The molecule has 4 aliphatic rings. The number of amides is 1. The lowest BCUT2D eigenvalue weighted by molar-refractivity contribution is -0.308. The van der Waals surface area contributed by atoms with Crippen molar-refractivity contribution in [2.45, 2.75) is 83.4 Å². The van der Waals surface area contributed by atoms with Gasteiger partial charge in [0.25, 0.3) is 0 Å². The van der Waals surface area contributed by atoms with Gasteiger partial charge in [0.15, 0.2) is 6.29 Å². The maximum atomic E-state index is 13.1. The summed E-state index contributed by atoms with van der Waals surface area (Å²) >= 11 is 0. The number of rotatable bonds is 4. The average molecular weight is 458 g/mol. The Morgan fingerprint density at radius 1 is 1.09 bits per heavy atom. The molecule has 1 unspecified atom stereocenters. The highest BCUT2D eigenvalue weighted by atomic mass is 16.7. The van der Waals surface area contributed by atoms with Gasteiger partial charge in [0.2, 0.25) is 5.91 Å². The summed E-state index contributed by atoms with van der Waals surface area (Å²) in [6.45, 7) is 6.28. The first-order chi connectivity index (χ1) is 15.8. The molecule has 6 nitrogen and oxygen atoms in total. The van der Waals surface area contributed by atoms with Crippen LogP contribution in [0.25, 0.3) is 0 Å². The number of ether oxygens (including phenoxy) is 2. The summed E-state index contributed by atoms with van der Waals surface area (Å²) in [4.78, 5) is 14.8. The molecule has 5 rings (SSSR count). The molecule has 2 saturated heterocycles. The zero-order chi connectivity index (χ0) is 23.2. The minimum atomic E-state index is -0.459. The molecule has 4 fully saturated rings. The molecule has 1 aromatic carbocycles. The third kappa shape index (κ3) is 4.24. The summed E-state index contributed by atoms with van der Waals surface area (Å²) in [6.07, 6.45) is 4.35. The monoisotopic (exact) mass is 457 g/mol. The van der Waals surface area contributed by atoms with Crippen molar-refractivity contribution < 1.29 is 24.5 Å². The highest BCUT2D eigenvalue weighted by Crippen LogP contribution is 2.62. The van der Waals surface area contributed by atoms with Crippen LogP contribution in [0.4, 0.5) is 0 Å². The van der Waals surface area contributed by atoms with Crippen LogP contribution in [0.5, 0.6) is 0 Å².